The van der Waals surface area contributed by atoms with E-state index in [1.165, 1.54) is 14.2 Å². The number of carbonyl (C=O) groups is 2. The van der Waals surface area contributed by atoms with E-state index >= 15 is 0 Å². The Bertz CT molecular complexity index is 832. The Morgan fingerprint density at radius 1 is 0.800 bits per heavy atom. The lowest BCUT2D eigenvalue weighted by atomic mass is 9.80. The van der Waals surface area contributed by atoms with Crippen LogP contribution in [0.1, 0.15) is 24.0 Å². The molecule has 0 bridgehead atoms. The number of methoxy groups -OCH3 is 4. The van der Waals surface area contributed by atoms with Crippen LogP contribution < -0.4 is 9.47 Å². The number of rotatable bonds is 11. The fourth-order valence-corrected chi connectivity index (χ4v) is 3.60. The zero-order valence-corrected chi connectivity index (χ0v) is 18.1. The molecule has 0 aromatic heterocycles. The fraction of sp³-hybridized carbons (Fsp3) is 0.417. The normalized spacial score (nSPS) is 12.5. The zero-order chi connectivity index (χ0) is 21.9. The number of ether oxygens (including phenoxy) is 4. The largest absolute Gasteiger partial charge is 0.497 e. The van der Waals surface area contributed by atoms with Crippen molar-refractivity contribution < 1.29 is 28.5 Å². The van der Waals surface area contributed by atoms with Crippen molar-refractivity contribution in [3.05, 3.63) is 59.7 Å². The third kappa shape index (κ3) is 6.79. The molecule has 0 aliphatic heterocycles. The summed E-state index contributed by atoms with van der Waals surface area (Å²) in [6.45, 7) is 0. The lowest BCUT2D eigenvalue weighted by molar-refractivity contribution is -0.148. The van der Waals surface area contributed by atoms with Gasteiger partial charge in [0.1, 0.15) is 11.5 Å². The van der Waals surface area contributed by atoms with Crippen LogP contribution in [0.2, 0.25) is 0 Å². The van der Waals surface area contributed by atoms with Crippen LogP contribution in [0, 0.1) is 11.8 Å². The predicted octanol–water partition coefficient (Wildman–Crippen LogP) is 3.85. The number of hydrogen-bond acceptors (Lipinski definition) is 6. The van der Waals surface area contributed by atoms with E-state index in [9.17, 15) is 9.59 Å². The van der Waals surface area contributed by atoms with Gasteiger partial charge in [-0.25, -0.2) is 0 Å². The fourth-order valence-electron chi connectivity index (χ4n) is 3.60. The maximum atomic E-state index is 12.7. The molecule has 6 heteroatoms. The number of esters is 2. The molecule has 0 aliphatic rings. The molecule has 0 saturated heterocycles. The average molecular weight is 414 g/mol. The van der Waals surface area contributed by atoms with Crippen molar-refractivity contribution >= 4 is 11.9 Å². The van der Waals surface area contributed by atoms with Crippen LogP contribution in [0.5, 0.6) is 11.5 Å². The van der Waals surface area contributed by atoms with Gasteiger partial charge >= 0.3 is 11.9 Å². The second-order valence-electron chi connectivity index (χ2n) is 7.12. The van der Waals surface area contributed by atoms with Gasteiger partial charge in [-0.2, -0.15) is 0 Å². The molecule has 0 amide bonds. The van der Waals surface area contributed by atoms with Crippen LogP contribution in [0.4, 0.5) is 0 Å². The van der Waals surface area contributed by atoms with Crippen LogP contribution in [0.15, 0.2) is 48.5 Å². The van der Waals surface area contributed by atoms with E-state index in [1.54, 1.807) is 14.2 Å². The van der Waals surface area contributed by atoms with E-state index in [2.05, 4.69) is 0 Å². The highest BCUT2D eigenvalue weighted by Gasteiger charge is 2.30. The Labute approximate surface area is 178 Å². The van der Waals surface area contributed by atoms with Gasteiger partial charge in [0.25, 0.3) is 0 Å². The van der Waals surface area contributed by atoms with Crippen molar-refractivity contribution in [2.45, 2.75) is 25.7 Å². The smallest absolute Gasteiger partial charge is 0.309 e. The molecule has 30 heavy (non-hydrogen) atoms. The molecule has 0 aliphatic carbocycles. The molecule has 0 radical (unpaired) electrons. The molecular weight excluding hydrogens is 384 g/mol. The predicted molar refractivity (Wildman–Crippen MR) is 114 cm³/mol. The topological polar surface area (TPSA) is 71.1 Å². The molecular formula is C24H30O6. The second kappa shape index (κ2) is 11.9. The minimum absolute atomic E-state index is 0.116. The maximum absolute atomic E-state index is 12.7. The molecule has 0 heterocycles. The molecule has 2 atom stereocenters. The molecule has 2 rings (SSSR count). The summed E-state index contributed by atoms with van der Waals surface area (Å²) in [6.07, 6.45) is 1.84. The van der Waals surface area contributed by atoms with Gasteiger partial charge in [-0.1, -0.05) is 24.3 Å². The summed E-state index contributed by atoms with van der Waals surface area (Å²) in [6, 6.07) is 15.4. The third-order valence-electron chi connectivity index (χ3n) is 5.24. The lowest BCUT2D eigenvalue weighted by Crippen LogP contribution is -2.29. The quantitative estimate of drug-likeness (QED) is 0.520. The average Bonchev–Trinajstić information content (AvgIpc) is 2.79. The minimum atomic E-state index is -0.419. The van der Waals surface area contributed by atoms with E-state index < -0.39 is 5.92 Å². The van der Waals surface area contributed by atoms with Crippen LogP contribution in [-0.4, -0.2) is 40.4 Å². The lowest BCUT2D eigenvalue weighted by Gasteiger charge is -2.26. The van der Waals surface area contributed by atoms with Gasteiger partial charge < -0.3 is 18.9 Å². The Hall–Kier alpha value is -3.02. The summed E-state index contributed by atoms with van der Waals surface area (Å²) in [5.74, 6) is 0.357. The SMILES string of the molecule is COC(=O)CC[C@H](Cc1cccc(OC)c1)[C@@H](Cc1cccc(OC)c1)C(=O)OC. The molecule has 2 aromatic carbocycles. The van der Waals surface area contributed by atoms with E-state index in [1.807, 2.05) is 48.5 Å². The van der Waals surface area contributed by atoms with Crippen molar-refractivity contribution in [3.8, 4) is 11.5 Å². The summed E-state index contributed by atoms with van der Waals surface area (Å²) in [5.41, 5.74) is 2.00. The molecule has 162 valence electrons. The molecule has 0 N–H and O–H groups in total. The molecule has 0 spiro atoms. The molecule has 0 saturated carbocycles. The first-order valence-corrected chi connectivity index (χ1v) is 9.91. The van der Waals surface area contributed by atoms with Gasteiger partial charge in [0.05, 0.1) is 34.4 Å². The summed E-state index contributed by atoms with van der Waals surface area (Å²) in [4.78, 5) is 24.5. The summed E-state index contributed by atoms with van der Waals surface area (Å²) < 4.78 is 20.6. The summed E-state index contributed by atoms with van der Waals surface area (Å²) in [7, 11) is 5.99. The van der Waals surface area contributed by atoms with E-state index in [4.69, 9.17) is 18.9 Å². The minimum Gasteiger partial charge on any atom is -0.497 e. The van der Waals surface area contributed by atoms with Gasteiger partial charge in [-0.15, -0.1) is 0 Å². The van der Waals surface area contributed by atoms with Gasteiger partial charge in [0.2, 0.25) is 0 Å². The summed E-state index contributed by atoms with van der Waals surface area (Å²) in [5, 5.41) is 0. The maximum Gasteiger partial charge on any atom is 0.309 e. The van der Waals surface area contributed by atoms with E-state index in [0.717, 1.165) is 22.6 Å². The monoisotopic (exact) mass is 414 g/mol. The Kier molecular flexibility index (Phi) is 9.19. The molecule has 0 unspecified atom stereocenters. The van der Waals surface area contributed by atoms with Crippen LogP contribution in [0.25, 0.3) is 0 Å². The Morgan fingerprint density at radius 3 is 1.87 bits per heavy atom. The Balaban J connectivity index is 2.32. The number of benzene rings is 2. The van der Waals surface area contributed by atoms with Crippen molar-refractivity contribution in [1.82, 2.24) is 0 Å². The standard InChI is InChI=1S/C24H30O6/c1-27-20-9-5-7-17(14-20)13-19(11-12-23(25)29-3)22(24(26)30-4)16-18-8-6-10-21(15-18)28-2/h5-10,14-15,19,22H,11-13,16H2,1-4H3/t19-,22-/m1/s1. The van der Waals surface area contributed by atoms with Crippen molar-refractivity contribution in [2.24, 2.45) is 11.8 Å². The molecule has 2 aromatic rings. The summed E-state index contributed by atoms with van der Waals surface area (Å²) >= 11 is 0. The highest BCUT2D eigenvalue weighted by Crippen LogP contribution is 2.29. The zero-order valence-electron chi connectivity index (χ0n) is 18.1. The van der Waals surface area contributed by atoms with Gasteiger partial charge in [-0.3, -0.25) is 9.59 Å². The van der Waals surface area contributed by atoms with Gasteiger partial charge in [-0.05, 0) is 60.6 Å². The second-order valence-corrected chi connectivity index (χ2v) is 7.12. The Morgan fingerprint density at radius 2 is 1.37 bits per heavy atom. The van der Waals surface area contributed by atoms with Crippen LogP contribution in [0.3, 0.4) is 0 Å². The van der Waals surface area contributed by atoms with Gasteiger partial charge in [0.15, 0.2) is 0 Å². The number of carbonyl (C=O) groups excluding carboxylic acids is 2. The van der Waals surface area contributed by atoms with Crippen molar-refractivity contribution in [3.63, 3.8) is 0 Å². The van der Waals surface area contributed by atoms with Crippen LogP contribution >= 0.6 is 0 Å². The first-order chi connectivity index (χ1) is 14.5. The van der Waals surface area contributed by atoms with E-state index in [-0.39, 0.29) is 24.3 Å². The van der Waals surface area contributed by atoms with Crippen molar-refractivity contribution in [2.75, 3.05) is 28.4 Å². The van der Waals surface area contributed by atoms with Crippen molar-refractivity contribution in [1.29, 1.82) is 0 Å². The third-order valence-corrected chi connectivity index (χ3v) is 5.24. The van der Waals surface area contributed by atoms with Gasteiger partial charge in [0, 0.05) is 6.42 Å². The molecule has 0 fully saturated rings. The van der Waals surface area contributed by atoms with E-state index in [0.29, 0.717) is 19.3 Å². The number of hydrogen-bond donors (Lipinski definition) is 0. The highest BCUT2D eigenvalue weighted by molar-refractivity contribution is 5.73. The first-order valence-electron chi connectivity index (χ1n) is 9.91. The molecule has 6 nitrogen and oxygen atoms in total. The first kappa shape index (κ1) is 23.3. The highest BCUT2D eigenvalue weighted by atomic mass is 16.5. The van der Waals surface area contributed by atoms with Crippen LogP contribution in [-0.2, 0) is 31.9 Å².